The predicted molar refractivity (Wildman–Crippen MR) is 73.2 cm³/mol. The first kappa shape index (κ1) is 14.7. The topological polar surface area (TPSA) is 72.9 Å². The van der Waals surface area contributed by atoms with Crippen molar-refractivity contribution in [3.8, 4) is 0 Å². The van der Waals surface area contributed by atoms with Gasteiger partial charge in [-0.2, -0.15) is 5.10 Å². The Labute approximate surface area is 109 Å². The maximum absolute atomic E-state index is 11.8. The van der Waals surface area contributed by atoms with Crippen molar-refractivity contribution in [3.05, 3.63) is 11.8 Å². The molecular weight excluding hydrogens is 228 g/mol. The molecule has 1 rings (SSSR count). The van der Waals surface area contributed by atoms with Gasteiger partial charge in [0, 0.05) is 31.3 Å². The Hall–Kier alpha value is -1.36. The fourth-order valence-corrected chi connectivity index (χ4v) is 1.91. The third-order valence-electron chi connectivity index (χ3n) is 2.70. The Bertz CT molecular complexity index is 398. The monoisotopic (exact) mass is 252 g/mol. The van der Waals surface area contributed by atoms with Crippen molar-refractivity contribution < 1.29 is 4.79 Å². The molecule has 0 aliphatic rings. The fraction of sp³-hybridized carbons (Fsp3) is 0.692. The van der Waals surface area contributed by atoms with Crippen molar-refractivity contribution in [2.24, 2.45) is 18.2 Å². The van der Waals surface area contributed by atoms with Gasteiger partial charge in [0.2, 0.25) is 5.91 Å². The Morgan fingerprint density at radius 2 is 2.17 bits per heavy atom. The molecule has 0 bridgehead atoms. The molecule has 0 aliphatic carbocycles. The van der Waals surface area contributed by atoms with Crippen LogP contribution in [0.3, 0.4) is 0 Å². The number of carbonyl (C=O) groups excluding carboxylic acids is 1. The molecule has 0 fully saturated rings. The highest BCUT2D eigenvalue weighted by atomic mass is 16.1. The number of aromatic nitrogens is 2. The molecule has 1 unspecified atom stereocenters. The number of hydrogen-bond donors (Lipinski definition) is 2. The molecular formula is C13H24N4O. The van der Waals surface area contributed by atoms with E-state index in [0.717, 1.165) is 12.1 Å². The lowest BCUT2D eigenvalue weighted by Crippen LogP contribution is -2.31. The first-order valence-corrected chi connectivity index (χ1v) is 6.23. The van der Waals surface area contributed by atoms with Crippen LogP contribution in [0.5, 0.6) is 0 Å². The molecule has 0 radical (unpaired) electrons. The Kier molecular flexibility index (Phi) is 4.51. The van der Waals surface area contributed by atoms with Crippen LogP contribution in [0.2, 0.25) is 0 Å². The van der Waals surface area contributed by atoms with Crippen LogP contribution in [0, 0.1) is 12.3 Å². The molecule has 0 saturated heterocycles. The number of nitrogens with two attached hydrogens (primary N) is 1. The molecule has 102 valence electrons. The third-order valence-corrected chi connectivity index (χ3v) is 2.70. The minimum atomic E-state index is -0.116. The molecule has 1 heterocycles. The van der Waals surface area contributed by atoms with Gasteiger partial charge in [-0.3, -0.25) is 9.48 Å². The summed E-state index contributed by atoms with van der Waals surface area (Å²) in [5.74, 6) is 0.507. The van der Waals surface area contributed by atoms with E-state index in [4.69, 9.17) is 5.73 Å². The first-order chi connectivity index (χ1) is 8.17. The van der Waals surface area contributed by atoms with Gasteiger partial charge in [0.1, 0.15) is 0 Å². The quantitative estimate of drug-likeness (QED) is 0.858. The van der Waals surface area contributed by atoms with Crippen molar-refractivity contribution in [1.82, 2.24) is 9.78 Å². The number of nitrogens with zero attached hydrogens (tertiary/aromatic N) is 2. The number of nitrogens with one attached hydrogen (secondary N) is 1. The van der Waals surface area contributed by atoms with Crippen molar-refractivity contribution in [3.63, 3.8) is 0 Å². The van der Waals surface area contributed by atoms with Gasteiger partial charge in [0.25, 0.3) is 0 Å². The van der Waals surface area contributed by atoms with E-state index in [2.05, 4.69) is 31.2 Å². The number of rotatable bonds is 4. The van der Waals surface area contributed by atoms with Gasteiger partial charge in [0.15, 0.2) is 5.82 Å². The highest BCUT2D eigenvalue weighted by Gasteiger charge is 2.18. The molecule has 1 aromatic heterocycles. The summed E-state index contributed by atoms with van der Waals surface area (Å²) in [7, 11) is 1.84. The van der Waals surface area contributed by atoms with Gasteiger partial charge in [-0.25, -0.2) is 0 Å². The number of anilines is 1. The number of carbonyl (C=O) groups is 1. The fourth-order valence-electron chi connectivity index (χ4n) is 1.91. The second kappa shape index (κ2) is 5.52. The van der Waals surface area contributed by atoms with Crippen LogP contribution >= 0.6 is 0 Å². The molecule has 1 aromatic rings. The van der Waals surface area contributed by atoms with E-state index in [9.17, 15) is 4.79 Å². The van der Waals surface area contributed by atoms with Crippen LogP contribution in [0.1, 0.15) is 39.3 Å². The van der Waals surface area contributed by atoms with Gasteiger partial charge >= 0.3 is 0 Å². The van der Waals surface area contributed by atoms with Crippen molar-refractivity contribution in [2.75, 3.05) is 5.32 Å². The van der Waals surface area contributed by atoms with E-state index in [-0.39, 0.29) is 17.4 Å². The summed E-state index contributed by atoms with van der Waals surface area (Å²) in [4.78, 5) is 11.8. The van der Waals surface area contributed by atoms with E-state index in [1.165, 1.54) is 0 Å². The zero-order valence-electron chi connectivity index (χ0n) is 11.9. The summed E-state index contributed by atoms with van der Waals surface area (Å²) < 4.78 is 1.73. The summed E-state index contributed by atoms with van der Waals surface area (Å²) in [5.41, 5.74) is 7.11. The summed E-state index contributed by atoms with van der Waals surface area (Å²) in [5, 5.41) is 6.95. The van der Waals surface area contributed by atoms with Crippen LogP contribution < -0.4 is 11.1 Å². The second-order valence-electron chi connectivity index (χ2n) is 6.07. The molecule has 1 amide bonds. The standard InChI is InChI=1S/C13H24N4O/c1-9-6-11(16-17(9)5)15-12(18)7-10(14)8-13(2,3)4/h6,10H,7-8,14H2,1-5H3,(H,15,16,18). The minimum Gasteiger partial charge on any atom is -0.327 e. The Balaban J connectivity index is 2.47. The molecule has 3 N–H and O–H groups in total. The molecule has 5 nitrogen and oxygen atoms in total. The number of amides is 1. The van der Waals surface area contributed by atoms with Crippen LogP contribution in [0.15, 0.2) is 6.07 Å². The van der Waals surface area contributed by atoms with Gasteiger partial charge in [-0.15, -0.1) is 0 Å². The second-order valence-corrected chi connectivity index (χ2v) is 6.07. The Morgan fingerprint density at radius 3 is 2.61 bits per heavy atom. The summed E-state index contributed by atoms with van der Waals surface area (Å²) in [6.07, 6.45) is 1.15. The van der Waals surface area contributed by atoms with E-state index >= 15 is 0 Å². The Morgan fingerprint density at radius 1 is 1.56 bits per heavy atom. The molecule has 0 aliphatic heterocycles. The van der Waals surface area contributed by atoms with Gasteiger partial charge < -0.3 is 11.1 Å². The lowest BCUT2D eigenvalue weighted by molar-refractivity contribution is -0.116. The van der Waals surface area contributed by atoms with E-state index in [0.29, 0.717) is 12.2 Å². The highest BCUT2D eigenvalue weighted by molar-refractivity contribution is 5.90. The predicted octanol–water partition coefficient (Wildman–Crippen LogP) is 1.82. The zero-order chi connectivity index (χ0) is 13.9. The normalized spacial score (nSPS) is 13.4. The van der Waals surface area contributed by atoms with Gasteiger partial charge in [-0.1, -0.05) is 20.8 Å². The van der Waals surface area contributed by atoms with E-state index in [1.807, 2.05) is 20.0 Å². The van der Waals surface area contributed by atoms with E-state index in [1.54, 1.807) is 4.68 Å². The molecule has 0 saturated carbocycles. The largest absolute Gasteiger partial charge is 0.327 e. The zero-order valence-corrected chi connectivity index (χ0v) is 11.9. The molecule has 18 heavy (non-hydrogen) atoms. The molecule has 1 atom stereocenters. The first-order valence-electron chi connectivity index (χ1n) is 6.23. The third kappa shape index (κ3) is 4.87. The maximum Gasteiger partial charge on any atom is 0.227 e. The van der Waals surface area contributed by atoms with Crippen LogP contribution in [0.4, 0.5) is 5.82 Å². The van der Waals surface area contributed by atoms with Gasteiger partial charge in [-0.05, 0) is 18.8 Å². The maximum atomic E-state index is 11.8. The lowest BCUT2D eigenvalue weighted by atomic mass is 9.87. The van der Waals surface area contributed by atoms with Crippen LogP contribution in [0.25, 0.3) is 0 Å². The average molecular weight is 252 g/mol. The van der Waals surface area contributed by atoms with Crippen molar-refractivity contribution in [2.45, 2.75) is 46.6 Å². The van der Waals surface area contributed by atoms with Crippen LogP contribution in [-0.2, 0) is 11.8 Å². The average Bonchev–Trinajstić information content (AvgIpc) is 2.41. The smallest absolute Gasteiger partial charge is 0.227 e. The highest BCUT2D eigenvalue weighted by Crippen LogP contribution is 2.21. The molecule has 0 aromatic carbocycles. The van der Waals surface area contributed by atoms with Crippen LogP contribution in [-0.4, -0.2) is 21.7 Å². The number of hydrogen-bond acceptors (Lipinski definition) is 3. The SMILES string of the molecule is Cc1cc(NC(=O)CC(N)CC(C)(C)C)nn1C. The lowest BCUT2D eigenvalue weighted by Gasteiger charge is -2.22. The minimum absolute atomic E-state index is 0.0788. The van der Waals surface area contributed by atoms with Crippen molar-refractivity contribution in [1.29, 1.82) is 0 Å². The van der Waals surface area contributed by atoms with Gasteiger partial charge in [0.05, 0.1) is 0 Å². The van der Waals surface area contributed by atoms with E-state index < -0.39 is 0 Å². The summed E-state index contributed by atoms with van der Waals surface area (Å²) >= 11 is 0. The molecule has 0 spiro atoms. The molecule has 5 heteroatoms. The summed E-state index contributed by atoms with van der Waals surface area (Å²) in [6.45, 7) is 8.29. The number of aryl methyl sites for hydroxylation is 2. The summed E-state index contributed by atoms with van der Waals surface area (Å²) in [6, 6.07) is 1.72. The van der Waals surface area contributed by atoms with Crippen molar-refractivity contribution >= 4 is 11.7 Å².